The standard InChI is InChI=1S/C16H20ClN3OS/c1-5-8-20-15(21)13-7-6-12(17)9-14(13)18-16(20)22-10-11(2)19(3)4/h5-7,9,11H,1,8,10H2,2-4H3. The van der Waals surface area contributed by atoms with Crippen LogP contribution in [0.5, 0.6) is 0 Å². The molecule has 22 heavy (non-hydrogen) atoms. The van der Waals surface area contributed by atoms with Gasteiger partial charge in [0.05, 0.1) is 10.9 Å². The fraction of sp³-hybridized carbons (Fsp3) is 0.375. The molecule has 2 aromatic rings. The van der Waals surface area contributed by atoms with Gasteiger partial charge in [-0.2, -0.15) is 0 Å². The van der Waals surface area contributed by atoms with Crippen LogP contribution in [0.2, 0.25) is 5.02 Å². The lowest BCUT2D eigenvalue weighted by Crippen LogP contribution is -2.28. The summed E-state index contributed by atoms with van der Waals surface area (Å²) < 4.78 is 1.66. The molecule has 6 heteroatoms. The molecule has 1 heterocycles. The maximum absolute atomic E-state index is 12.6. The van der Waals surface area contributed by atoms with Gasteiger partial charge < -0.3 is 4.90 Å². The minimum atomic E-state index is -0.0541. The number of aromatic nitrogens is 2. The SMILES string of the molecule is C=CCn1c(SCC(C)N(C)C)nc2cc(Cl)ccc2c1=O. The van der Waals surface area contributed by atoms with E-state index in [4.69, 9.17) is 11.6 Å². The summed E-state index contributed by atoms with van der Waals surface area (Å²) >= 11 is 7.59. The highest BCUT2D eigenvalue weighted by Gasteiger charge is 2.13. The van der Waals surface area contributed by atoms with E-state index in [2.05, 4.69) is 23.4 Å². The highest BCUT2D eigenvalue weighted by molar-refractivity contribution is 7.99. The van der Waals surface area contributed by atoms with Crippen LogP contribution in [0.25, 0.3) is 10.9 Å². The Bertz CT molecular complexity index is 742. The summed E-state index contributed by atoms with van der Waals surface area (Å²) in [6, 6.07) is 5.56. The van der Waals surface area contributed by atoms with Crippen LogP contribution in [0, 0.1) is 0 Å². The van der Waals surface area contributed by atoms with Crippen molar-refractivity contribution < 1.29 is 0 Å². The van der Waals surface area contributed by atoms with Crippen LogP contribution in [0.15, 0.2) is 40.8 Å². The molecule has 0 saturated heterocycles. The predicted octanol–water partition coefficient (Wildman–Crippen LogP) is 3.28. The number of thioether (sulfide) groups is 1. The van der Waals surface area contributed by atoms with Gasteiger partial charge >= 0.3 is 0 Å². The van der Waals surface area contributed by atoms with Crippen molar-refractivity contribution >= 4 is 34.3 Å². The number of fused-ring (bicyclic) bond motifs is 1. The summed E-state index contributed by atoms with van der Waals surface area (Å²) in [4.78, 5) is 19.4. The maximum Gasteiger partial charge on any atom is 0.262 e. The lowest BCUT2D eigenvalue weighted by molar-refractivity contribution is 0.340. The number of hydrogen-bond acceptors (Lipinski definition) is 4. The lowest BCUT2D eigenvalue weighted by atomic mass is 10.2. The summed E-state index contributed by atoms with van der Waals surface area (Å²) in [5.74, 6) is 0.850. The van der Waals surface area contributed by atoms with E-state index >= 15 is 0 Å². The van der Waals surface area contributed by atoms with E-state index in [1.165, 1.54) is 0 Å². The molecule has 0 amide bonds. The Morgan fingerprint density at radius 1 is 1.50 bits per heavy atom. The molecule has 4 nitrogen and oxygen atoms in total. The first-order valence-electron chi connectivity index (χ1n) is 7.04. The van der Waals surface area contributed by atoms with Gasteiger partial charge in [-0.3, -0.25) is 9.36 Å². The Labute approximate surface area is 139 Å². The molecular formula is C16H20ClN3OS. The third-order valence-electron chi connectivity index (χ3n) is 3.53. The molecule has 0 fully saturated rings. The highest BCUT2D eigenvalue weighted by Crippen LogP contribution is 2.21. The number of benzene rings is 1. The monoisotopic (exact) mass is 337 g/mol. The number of hydrogen-bond donors (Lipinski definition) is 0. The van der Waals surface area contributed by atoms with Crippen LogP contribution >= 0.6 is 23.4 Å². The van der Waals surface area contributed by atoms with Gasteiger partial charge in [0.2, 0.25) is 0 Å². The zero-order valence-electron chi connectivity index (χ0n) is 13.0. The molecule has 0 aliphatic heterocycles. The van der Waals surface area contributed by atoms with Gasteiger partial charge in [-0.15, -0.1) is 6.58 Å². The van der Waals surface area contributed by atoms with Crippen LogP contribution in [0.3, 0.4) is 0 Å². The first-order valence-corrected chi connectivity index (χ1v) is 8.40. The average Bonchev–Trinajstić information content (AvgIpc) is 2.47. The van der Waals surface area contributed by atoms with Crippen LogP contribution in [-0.4, -0.2) is 40.3 Å². The number of allylic oxidation sites excluding steroid dienone is 1. The largest absolute Gasteiger partial charge is 0.306 e. The Kier molecular flexibility index (Phi) is 5.67. The molecule has 1 unspecified atom stereocenters. The highest BCUT2D eigenvalue weighted by atomic mass is 35.5. The first kappa shape index (κ1) is 17.1. The second-order valence-corrected chi connectivity index (χ2v) is 6.81. The van der Waals surface area contributed by atoms with E-state index in [1.807, 2.05) is 14.1 Å². The van der Waals surface area contributed by atoms with Crippen molar-refractivity contribution in [2.45, 2.75) is 24.7 Å². The maximum atomic E-state index is 12.6. The van der Waals surface area contributed by atoms with Gasteiger partial charge in [-0.25, -0.2) is 4.98 Å². The molecule has 1 atom stereocenters. The van der Waals surface area contributed by atoms with E-state index in [0.29, 0.717) is 33.7 Å². The first-order chi connectivity index (χ1) is 10.4. The van der Waals surface area contributed by atoms with Gasteiger partial charge in [0, 0.05) is 23.4 Å². The minimum Gasteiger partial charge on any atom is -0.306 e. The zero-order valence-corrected chi connectivity index (χ0v) is 14.6. The number of nitrogens with zero attached hydrogens (tertiary/aromatic N) is 3. The molecule has 2 rings (SSSR count). The van der Waals surface area contributed by atoms with Gasteiger partial charge in [0.15, 0.2) is 5.16 Å². The molecule has 0 spiro atoms. The van der Waals surface area contributed by atoms with Crippen molar-refractivity contribution in [2.24, 2.45) is 0 Å². The summed E-state index contributed by atoms with van der Waals surface area (Å²) in [5, 5.41) is 1.86. The van der Waals surface area contributed by atoms with E-state index in [-0.39, 0.29) is 5.56 Å². The molecule has 118 valence electrons. The fourth-order valence-electron chi connectivity index (χ4n) is 1.92. The van der Waals surface area contributed by atoms with Gasteiger partial charge in [-0.1, -0.05) is 29.4 Å². The van der Waals surface area contributed by atoms with Crippen molar-refractivity contribution in [3.63, 3.8) is 0 Å². The summed E-state index contributed by atoms with van der Waals surface area (Å²) in [6.45, 7) is 6.32. The topological polar surface area (TPSA) is 38.1 Å². The lowest BCUT2D eigenvalue weighted by Gasteiger charge is -2.19. The molecule has 0 aliphatic carbocycles. The fourth-order valence-corrected chi connectivity index (χ4v) is 3.25. The molecule has 0 aliphatic rings. The second-order valence-electron chi connectivity index (χ2n) is 5.38. The Balaban J connectivity index is 2.48. The van der Waals surface area contributed by atoms with Gasteiger partial charge in [0.1, 0.15) is 0 Å². The van der Waals surface area contributed by atoms with Crippen molar-refractivity contribution in [1.82, 2.24) is 14.5 Å². The number of rotatable bonds is 6. The van der Waals surface area contributed by atoms with E-state index in [1.54, 1.807) is 40.6 Å². The minimum absolute atomic E-state index is 0.0541. The predicted molar refractivity (Wildman–Crippen MR) is 95.1 cm³/mol. The Hall–Kier alpha value is -1.30. The van der Waals surface area contributed by atoms with E-state index in [9.17, 15) is 4.79 Å². The molecule has 1 aromatic heterocycles. The summed E-state index contributed by atoms with van der Waals surface area (Å²) in [6.07, 6.45) is 1.71. The van der Waals surface area contributed by atoms with Crippen molar-refractivity contribution in [3.8, 4) is 0 Å². The third kappa shape index (κ3) is 3.72. The Morgan fingerprint density at radius 2 is 2.23 bits per heavy atom. The summed E-state index contributed by atoms with van der Waals surface area (Å²) in [5.41, 5.74) is 0.583. The Morgan fingerprint density at radius 3 is 2.86 bits per heavy atom. The third-order valence-corrected chi connectivity index (χ3v) is 4.98. The van der Waals surface area contributed by atoms with E-state index < -0.39 is 0 Å². The van der Waals surface area contributed by atoms with Gasteiger partial charge in [0.25, 0.3) is 5.56 Å². The van der Waals surface area contributed by atoms with Crippen molar-refractivity contribution in [1.29, 1.82) is 0 Å². The van der Waals surface area contributed by atoms with Crippen LogP contribution < -0.4 is 5.56 Å². The smallest absolute Gasteiger partial charge is 0.262 e. The zero-order chi connectivity index (χ0) is 16.3. The average molecular weight is 338 g/mol. The molecule has 0 bridgehead atoms. The number of halogens is 1. The molecule has 0 saturated carbocycles. The second kappa shape index (κ2) is 7.31. The van der Waals surface area contributed by atoms with Crippen LogP contribution in [-0.2, 0) is 6.54 Å². The van der Waals surface area contributed by atoms with Gasteiger partial charge in [-0.05, 0) is 39.2 Å². The van der Waals surface area contributed by atoms with E-state index in [0.717, 1.165) is 5.75 Å². The normalized spacial score (nSPS) is 12.8. The molecule has 0 radical (unpaired) electrons. The van der Waals surface area contributed by atoms with Crippen molar-refractivity contribution in [2.75, 3.05) is 19.8 Å². The quantitative estimate of drug-likeness (QED) is 0.460. The molecule has 0 N–H and O–H groups in total. The summed E-state index contributed by atoms with van der Waals surface area (Å²) in [7, 11) is 4.07. The van der Waals surface area contributed by atoms with Crippen LogP contribution in [0.1, 0.15) is 6.92 Å². The van der Waals surface area contributed by atoms with Crippen LogP contribution in [0.4, 0.5) is 0 Å². The molecule has 1 aromatic carbocycles. The van der Waals surface area contributed by atoms with Crippen molar-refractivity contribution in [3.05, 3.63) is 46.2 Å². The molecular weight excluding hydrogens is 318 g/mol.